The number of nitrogens with zero attached hydrogens (tertiary/aromatic N) is 2. The van der Waals surface area contributed by atoms with Crippen LogP contribution in [0, 0.1) is 0 Å². The standard InChI is InChI=1S/C13H14N2O2S/c1-15(13(16)12-9-18-10-14-12)7-8-17-11-5-3-2-4-6-11/h2-6,9-10H,7-8H2,1H3. The van der Waals surface area contributed by atoms with E-state index in [0.717, 1.165) is 5.75 Å². The highest BCUT2D eigenvalue weighted by Crippen LogP contribution is 2.08. The maximum Gasteiger partial charge on any atom is 0.273 e. The normalized spacial score (nSPS) is 10.1. The number of likely N-dealkylation sites (N-methyl/N-ethyl adjacent to an activating group) is 1. The van der Waals surface area contributed by atoms with Crippen LogP contribution in [0.2, 0.25) is 0 Å². The average molecular weight is 262 g/mol. The van der Waals surface area contributed by atoms with E-state index < -0.39 is 0 Å². The highest BCUT2D eigenvalue weighted by Gasteiger charge is 2.12. The van der Waals surface area contributed by atoms with Gasteiger partial charge in [-0.25, -0.2) is 4.98 Å². The van der Waals surface area contributed by atoms with Crippen molar-refractivity contribution in [2.45, 2.75) is 0 Å². The Balaban J connectivity index is 1.79. The van der Waals surface area contributed by atoms with E-state index in [4.69, 9.17) is 4.74 Å². The van der Waals surface area contributed by atoms with E-state index in [1.54, 1.807) is 22.8 Å². The van der Waals surface area contributed by atoms with Gasteiger partial charge in [-0.3, -0.25) is 4.79 Å². The summed E-state index contributed by atoms with van der Waals surface area (Å²) in [4.78, 5) is 17.5. The quantitative estimate of drug-likeness (QED) is 0.830. The molecular formula is C13H14N2O2S. The number of carbonyl (C=O) groups is 1. The first-order valence-electron chi connectivity index (χ1n) is 5.59. The average Bonchev–Trinajstić information content (AvgIpc) is 2.93. The highest BCUT2D eigenvalue weighted by atomic mass is 32.1. The first-order valence-corrected chi connectivity index (χ1v) is 6.53. The van der Waals surface area contributed by atoms with Crippen molar-refractivity contribution in [2.75, 3.05) is 20.2 Å². The molecule has 1 heterocycles. The van der Waals surface area contributed by atoms with Crippen molar-refractivity contribution < 1.29 is 9.53 Å². The van der Waals surface area contributed by atoms with Crippen LogP contribution in [0.15, 0.2) is 41.2 Å². The Morgan fingerprint density at radius 2 is 2.17 bits per heavy atom. The second-order valence-corrected chi connectivity index (χ2v) is 4.48. The van der Waals surface area contributed by atoms with Crippen LogP contribution in [-0.4, -0.2) is 36.0 Å². The summed E-state index contributed by atoms with van der Waals surface area (Å²) < 4.78 is 5.53. The SMILES string of the molecule is CN(CCOc1ccccc1)C(=O)c1cscn1. The lowest BCUT2D eigenvalue weighted by molar-refractivity contribution is 0.0769. The molecule has 0 aliphatic heterocycles. The van der Waals surface area contributed by atoms with Crippen molar-refractivity contribution in [3.05, 3.63) is 46.9 Å². The van der Waals surface area contributed by atoms with Crippen LogP contribution in [0.1, 0.15) is 10.5 Å². The monoisotopic (exact) mass is 262 g/mol. The molecule has 1 amide bonds. The van der Waals surface area contributed by atoms with Crippen molar-refractivity contribution in [3.63, 3.8) is 0 Å². The Labute approximate surface area is 110 Å². The molecule has 5 heteroatoms. The molecule has 1 aromatic heterocycles. The summed E-state index contributed by atoms with van der Waals surface area (Å²) in [6.07, 6.45) is 0. The van der Waals surface area contributed by atoms with E-state index >= 15 is 0 Å². The lowest BCUT2D eigenvalue weighted by Crippen LogP contribution is -2.31. The fourth-order valence-corrected chi connectivity index (χ4v) is 1.96. The largest absolute Gasteiger partial charge is 0.492 e. The number of rotatable bonds is 5. The molecule has 0 radical (unpaired) electrons. The number of aromatic nitrogens is 1. The Bertz CT molecular complexity index is 485. The number of amides is 1. The van der Waals surface area contributed by atoms with Crippen LogP contribution >= 0.6 is 11.3 Å². The van der Waals surface area contributed by atoms with Crippen molar-refractivity contribution in [1.29, 1.82) is 0 Å². The fraction of sp³-hybridized carbons (Fsp3) is 0.231. The predicted octanol–water partition coefficient (Wildman–Crippen LogP) is 2.29. The van der Waals surface area contributed by atoms with Crippen LogP contribution in [0.3, 0.4) is 0 Å². The number of thiazole rings is 1. The number of hydrogen-bond donors (Lipinski definition) is 0. The predicted molar refractivity (Wildman–Crippen MR) is 71.0 cm³/mol. The molecule has 2 rings (SSSR count). The van der Waals surface area contributed by atoms with E-state index in [1.165, 1.54) is 11.3 Å². The first-order chi connectivity index (χ1) is 8.77. The third-order valence-corrected chi connectivity index (χ3v) is 3.02. The Hall–Kier alpha value is -1.88. The van der Waals surface area contributed by atoms with Crippen LogP contribution in [0.5, 0.6) is 5.75 Å². The van der Waals surface area contributed by atoms with Gasteiger partial charge in [0.1, 0.15) is 18.1 Å². The molecule has 0 saturated heterocycles. The molecule has 0 bridgehead atoms. The molecular weight excluding hydrogens is 248 g/mol. The zero-order chi connectivity index (χ0) is 12.8. The number of carbonyl (C=O) groups excluding carboxylic acids is 1. The Morgan fingerprint density at radius 1 is 1.39 bits per heavy atom. The minimum absolute atomic E-state index is 0.0760. The van der Waals surface area contributed by atoms with Crippen molar-refractivity contribution in [1.82, 2.24) is 9.88 Å². The molecule has 2 aromatic rings. The third-order valence-electron chi connectivity index (χ3n) is 2.44. The molecule has 0 spiro atoms. The maximum atomic E-state index is 11.9. The molecule has 18 heavy (non-hydrogen) atoms. The first kappa shape index (κ1) is 12.6. The summed E-state index contributed by atoms with van der Waals surface area (Å²) in [6, 6.07) is 9.55. The summed E-state index contributed by atoms with van der Waals surface area (Å²) in [7, 11) is 1.75. The molecule has 1 aromatic carbocycles. The number of para-hydroxylation sites is 1. The van der Waals surface area contributed by atoms with Gasteiger partial charge in [0.2, 0.25) is 0 Å². The molecule has 4 nitrogen and oxygen atoms in total. The summed E-state index contributed by atoms with van der Waals surface area (Å²) >= 11 is 1.42. The summed E-state index contributed by atoms with van der Waals surface area (Å²) in [6.45, 7) is 1.00. The minimum Gasteiger partial charge on any atom is -0.492 e. The van der Waals surface area contributed by atoms with Crippen LogP contribution in [0.4, 0.5) is 0 Å². The zero-order valence-corrected chi connectivity index (χ0v) is 10.9. The molecule has 0 N–H and O–H groups in total. The van der Waals surface area contributed by atoms with Gasteiger partial charge in [0.25, 0.3) is 5.91 Å². The smallest absolute Gasteiger partial charge is 0.273 e. The van der Waals surface area contributed by atoms with Gasteiger partial charge in [0.15, 0.2) is 0 Å². The van der Waals surface area contributed by atoms with Gasteiger partial charge in [-0.15, -0.1) is 11.3 Å². The molecule has 0 fully saturated rings. The van der Waals surface area contributed by atoms with Crippen molar-refractivity contribution in [2.24, 2.45) is 0 Å². The lowest BCUT2D eigenvalue weighted by Gasteiger charge is -2.16. The van der Waals surface area contributed by atoms with E-state index in [2.05, 4.69) is 4.98 Å². The molecule has 0 aliphatic rings. The summed E-state index contributed by atoms with van der Waals surface area (Å²) in [5.41, 5.74) is 2.14. The van der Waals surface area contributed by atoms with Gasteiger partial charge in [0, 0.05) is 12.4 Å². The van der Waals surface area contributed by atoms with E-state index in [0.29, 0.717) is 18.8 Å². The summed E-state index contributed by atoms with van der Waals surface area (Å²) in [5.74, 6) is 0.736. The van der Waals surface area contributed by atoms with Gasteiger partial charge in [-0.05, 0) is 12.1 Å². The molecule has 0 atom stereocenters. The second-order valence-electron chi connectivity index (χ2n) is 3.76. The number of benzene rings is 1. The Kier molecular flexibility index (Phi) is 4.30. The van der Waals surface area contributed by atoms with Crippen LogP contribution in [-0.2, 0) is 0 Å². The van der Waals surface area contributed by atoms with Crippen molar-refractivity contribution in [3.8, 4) is 5.75 Å². The number of ether oxygens (including phenoxy) is 1. The Morgan fingerprint density at radius 3 is 2.83 bits per heavy atom. The van der Waals surface area contributed by atoms with Gasteiger partial charge < -0.3 is 9.64 Å². The third kappa shape index (κ3) is 3.30. The summed E-state index contributed by atoms with van der Waals surface area (Å²) in [5, 5.41) is 1.75. The highest BCUT2D eigenvalue weighted by molar-refractivity contribution is 7.07. The van der Waals surface area contributed by atoms with Crippen LogP contribution in [0.25, 0.3) is 0 Å². The minimum atomic E-state index is -0.0760. The maximum absolute atomic E-state index is 11.9. The molecule has 0 saturated carbocycles. The molecule has 0 unspecified atom stereocenters. The fourth-order valence-electron chi connectivity index (χ4n) is 1.43. The lowest BCUT2D eigenvalue weighted by atomic mass is 10.3. The van der Waals surface area contributed by atoms with Crippen molar-refractivity contribution >= 4 is 17.2 Å². The molecule has 0 aliphatic carbocycles. The second kappa shape index (κ2) is 6.16. The van der Waals surface area contributed by atoms with E-state index in [1.807, 2.05) is 30.3 Å². The zero-order valence-electron chi connectivity index (χ0n) is 10.1. The topological polar surface area (TPSA) is 42.4 Å². The van der Waals surface area contributed by atoms with Gasteiger partial charge in [0.05, 0.1) is 12.1 Å². The molecule has 94 valence electrons. The van der Waals surface area contributed by atoms with Gasteiger partial charge >= 0.3 is 0 Å². The van der Waals surface area contributed by atoms with E-state index in [9.17, 15) is 4.79 Å². The van der Waals surface area contributed by atoms with Gasteiger partial charge in [-0.2, -0.15) is 0 Å². The van der Waals surface area contributed by atoms with Gasteiger partial charge in [-0.1, -0.05) is 18.2 Å². The number of hydrogen-bond acceptors (Lipinski definition) is 4. The van der Waals surface area contributed by atoms with Crippen LogP contribution < -0.4 is 4.74 Å². The van der Waals surface area contributed by atoms with E-state index in [-0.39, 0.29) is 5.91 Å².